The van der Waals surface area contributed by atoms with Gasteiger partial charge in [-0.05, 0) is 70.1 Å². The number of piperidine rings is 1. The predicted octanol–water partition coefficient (Wildman–Crippen LogP) is 4.00. The third-order valence-corrected chi connectivity index (χ3v) is 6.44. The minimum atomic E-state index is -0.0979. The van der Waals surface area contributed by atoms with Crippen molar-refractivity contribution in [1.29, 1.82) is 0 Å². The summed E-state index contributed by atoms with van der Waals surface area (Å²) in [6.07, 6.45) is 2.92. The first-order valence-corrected chi connectivity index (χ1v) is 12.0. The highest BCUT2D eigenvalue weighted by Crippen LogP contribution is 2.20. The Labute approximate surface area is 203 Å². The van der Waals surface area contributed by atoms with Gasteiger partial charge in [0.25, 0.3) is 0 Å². The maximum absolute atomic E-state index is 13.2. The Morgan fingerprint density at radius 2 is 1.76 bits per heavy atom. The molecule has 0 radical (unpaired) electrons. The van der Waals surface area contributed by atoms with Crippen molar-refractivity contribution in [3.05, 3.63) is 59.7 Å². The largest absolute Gasteiger partial charge is 0.497 e. The number of nitrogens with one attached hydrogen (secondary N) is 1. The van der Waals surface area contributed by atoms with Crippen LogP contribution in [-0.2, 0) is 6.42 Å². The average molecular weight is 467 g/mol. The number of ketones is 1. The van der Waals surface area contributed by atoms with Crippen LogP contribution in [0, 0.1) is 0 Å². The lowest BCUT2D eigenvalue weighted by Gasteiger charge is -2.39. The molecule has 0 aliphatic carbocycles. The van der Waals surface area contributed by atoms with Crippen LogP contribution in [0.1, 0.15) is 35.7 Å². The Kier molecular flexibility index (Phi) is 9.48. The third kappa shape index (κ3) is 7.57. The summed E-state index contributed by atoms with van der Waals surface area (Å²) in [5, 5.41) is 3.02. The van der Waals surface area contributed by atoms with Gasteiger partial charge in [-0.1, -0.05) is 24.3 Å². The highest BCUT2D eigenvalue weighted by atomic mass is 16.5. The molecule has 3 rings (SSSR count). The van der Waals surface area contributed by atoms with E-state index in [0.29, 0.717) is 17.8 Å². The van der Waals surface area contributed by atoms with Crippen LogP contribution in [0.15, 0.2) is 48.5 Å². The molecule has 184 valence electrons. The van der Waals surface area contributed by atoms with Crippen LogP contribution in [0.25, 0.3) is 0 Å². The number of hydrogen-bond acceptors (Lipinski definition) is 5. The molecule has 0 aromatic heterocycles. The molecule has 7 nitrogen and oxygen atoms in total. The molecule has 2 aromatic carbocycles. The molecule has 0 bridgehead atoms. The van der Waals surface area contributed by atoms with Gasteiger partial charge in [0, 0.05) is 50.0 Å². The number of likely N-dealkylation sites (N-methyl/N-ethyl adjacent to an activating group) is 1. The lowest BCUT2D eigenvalue weighted by molar-refractivity contribution is 0.101. The van der Waals surface area contributed by atoms with Crippen molar-refractivity contribution in [2.45, 2.75) is 32.2 Å². The van der Waals surface area contributed by atoms with Gasteiger partial charge in [-0.2, -0.15) is 0 Å². The summed E-state index contributed by atoms with van der Waals surface area (Å²) < 4.78 is 5.24. The Hall–Kier alpha value is -2.90. The molecule has 1 N–H and O–H groups in total. The van der Waals surface area contributed by atoms with Crippen molar-refractivity contribution in [2.24, 2.45) is 0 Å². The van der Waals surface area contributed by atoms with E-state index in [1.165, 1.54) is 12.5 Å². The maximum atomic E-state index is 13.2. The minimum Gasteiger partial charge on any atom is -0.497 e. The van der Waals surface area contributed by atoms with Gasteiger partial charge in [-0.15, -0.1) is 0 Å². The van der Waals surface area contributed by atoms with Gasteiger partial charge in [-0.25, -0.2) is 4.79 Å². The summed E-state index contributed by atoms with van der Waals surface area (Å²) in [4.78, 5) is 31.5. The van der Waals surface area contributed by atoms with Crippen LogP contribution in [0.3, 0.4) is 0 Å². The third-order valence-electron chi connectivity index (χ3n) is 6.44. The Bertz CT molecular complexity index is 937. The molecule has 1 aliphatic heterocycles. The van der Waals surface area contributed by atoms with Gasteiger partial charge in [0.15, 0.2) is 5.78 Å². The van der Waals surface area contributed by atoms with Crippen LogP contribution < -0.4 is 10.1 Å². The summed E-state index contributed by atoms with van der Waals surface area (Å²) >= 11 is 0. The molecule has 1 heterocycles. The molecule has 0 unspecified atom stereocenters. The molecule has 0 spiro atoms. The quantitative estimate of drug-likeness (QED) is 0.536. The van der Waals surface area contributed by atoms with E-state index >= 15 is 0 Å². The number of anilines is 1. The van der Waals surface area contributed by atoms with Crippen LogP contribution >= 0.6 is 0 Å². The first-order valence-electron chi connectivity index (χ1n) is 12.0. The lowest BCUT2D eigenvalue weighted by atomic mass is 10.0. The van der Waals surface area contributed by atoms with E-state index in [1.807, 2.05) is 37.2 Å². The number of hydrogen-bond donors (Lipinski definition) is 1. The number of likely N-dealkylation sites (tertiary alicyclic amines) is 1. The van der Waals surface area contributed by atoms with Gasteiger partial charge in [-0.3, -0.25) is 4.79 Å². The summed E-state index contributed by atoms with van der Waals surface area (Å²) in [5.74, 6) is 0.872. The lowest BCUT2D eigenvalue weighted by Crippen LogP contribution is -2.50. The number of amides is 2. The minimum absolute atomic E-state index is 0.0115. The van der Waals surface area contributed by atoms with Crippen molar-refractivity contribution in [2.75, 3.05) is 59.2 Å². The Morgan fingerprint density at radius 1 is 1.06 bits per heavy atom. The number of benzene rings is 2. The van der Waals surface area contributed by atoms with E-state index in [4.69, 9.17) is 4.74 Å². The SMILES string of the molecule is COc1ccc(CCN2CCC(N(CCN(C)C)C(=O)Nc3cccc(C(C)=O)c3)CC2)cc1. The molecule has 1 fully saturated rings. The van der Waals surface area contributed by atoms with Crippen molar-refractivity contribution in [3.8, 4) is 5.75 Å². The second-order valence-corrected chi connectivity index (χ2v) is 9.23. The fourth-order valence-corrected chi connectivity index (χ4v) is 4.30. The second kappa shape index (κ2) is 12.5. The summed E-state index contributed by atoms with van der Waals surface area (Å²) in [6, 6.07) is 15.5. The van der Waals surface area contributed by atoms with Crippen molar-refractivity contribution in [1.82, 2.24) is 14.7 Å². The number of nitrogens with zero attached hydrogens (tertiary/aromatic N) is 3. The van der Waals surface area contributed by atoms with Gasteiger partial charge in [0.05, 0.1) is 7.11 Å². The smallest absolute Gasteiger partial charge is 0.322 e. The molecule has 1 aliphatic rings. The fourth-order valence-electron chi connectivity index (χ4n) is 4.30. The van der Waals surface area contributed by atoms with Gasteiger partial charge in [0.1, 0.15) is 5.75 Å². The molecular formula is C27H38N4O3. The van der Waals surface area contributed by atoms with Crippen molar-refractivity contribution in [3.63, 3.8) is 0 Å². The molecule has 1 saturated heterocycles. The second-order valence-electron chi connectivity index (χ2n) is 9.23. The number of carbonyl (C=O) groups excluding carboxylic acids is 2. The van der Waals surface area contributed by atoms with Crippen LogP contribution in [0.5, 0.6) is 5.75 Å². The van der Waals surface area contributed by atoms with Crippen LogP contribution in [0.4, 0.5) is 10.5 Å². The summed E-state index contributed by atoms with van der Waals surface area (Å²) in [6.45, 7) is 5.98. The van der Waals surface area contributed by atoms with Crippen LogP contribution in [0.2, 0.25) is 0 Å². The number of ether oxygens (including phenoxy) is 1. The van der Waals surface area contributed by atoms with Crippen LogP contribution in [-0.4, -0.2) is 86.5 Å². The van der Waals surface area contributed by atoms with Crippen molar-refractivity contribution < 1.29 is 14.3 Å². The van der Waals surface area contributed by atoms with E-state index < -0.39 is 0 Å². The first-order chi connectivity index (χ1) is 16.4. The molecule has 7 heteroatoms. The summed E-state index contributed by atoms with van der Waals surface area (Å²) in [7, 11) is 5.73. The molecule has 34 heavy (non-hydrogen) atoms. The van der Waals surface area contributed by atoms with E-state index in [1.54, 1.807) is 25.3 Å². The van der Waals surface area contributed by atoms with E-state index in [0.717, 1.165) is 51.2 Å². The summed E-state index contributed by atoms with van der Waals surface area (Å²) in [5.41, 5.74) is 2.56. The first kappa shape index (κ1) is 25.7. The normalized spacial score (nSPS) is 14.7. The number of Topliss-reactive ketones (excluding diaryl/α,β-unsaturated/α-hetero) is 1. The monoisotopic (exact) mass is 466 g/mol. The zero-order valence-corrected chi connectivity index (χ0v) is 20.9. The van der Waals surface area contributed by atoms with E-state index in [9.17, 15) is 9.59 Å². The predicted molar refractivity (Wildman–Crippen MR) is 137 cm³/mol. The van der Waals surface area contributed by atoms with E-state index in [-0.39, 0.29) is 17.9 Å². The number of urea groups is 1. The number of carbonyl (C=O) groups is 2. The Morgan fingerprint density at radius 3 is 2.38 bits per heavy atom. The fraction of sp³-hybridized carbons (Fsp3) is 0.481. The van der Waals surface area contributed by atoms with Gasteiger partial charge >= 0.3 is 6.03 Å². The zero-order valence-electron chi connectivity index (χ0n) is 20.9. The van der Waals surface area contributed by atoms with E-state index in [2.05, 4.69) is 27.2 Å². The number of methoxy groups -OCH3 is 1. The van der Waals surface area contributed by atoms with Gasteiger partial charge in [0.2, 0.25) is 0 Å². The molecule has 2 aromatic rings. The number of rotatable bonds is 10. The highest BCUT2D eigenvalue weighted by molar-refractivity contribution is 5.96. The Balaban J connectivity index is 1.56. The van der Waals surface area contributed by atoms with Crippen molar-refractivity contribution >= 4 is 17.5 Å². The molecule has 0 atom stereocenters. The van der Waals surface area contributed by atoms with Gasteiger partial charge < -0.3 is 24.8 Å². The molecule has 0 saturated carbocycles. The zero-order chi connectivity index (χ0) is 24.5. The average Bonchev–Trinajstić information content (AvgIpc) is 2.84. The highest BCUT2D eigenvalue weighted by Gasteiger charge is 2.28. The standard InChI is InChI=1S/C27H38N4O3/c1-21(32)23-6-5-7-24(20-23)28-27(33)31(19-18-29(2)3)25-13-16-30(17-14-25)15-12-22-8-10-26(34-4)11-9-22/h5-11,20,25H,12-19H2,1-4H3,(H,28,33). The maximum Gasteiger partial charge on any atom is 0.322 e. The molecular weight excluding hydrogens is 428 g/mol. The molecule has 2 amide bonds. The topological polar surface area (TPSA) is 65.1 Å².